The lowest BCUT2D eigenvalue weighted by Crippen LogP contribution is -2.36. The molecule has 0 saturated heterocycles. The van der Waals surface area contributed by atoms with Gasteiger partial charge in [0.25, 0.3) is 0 Å². The Morgan fingerprint density at radius 2 is 1.65 bits per heavy atom. The molecule has 102 valence electrons. The second-order valence-corrected chi connectivity index (χ2v) is 3.71. The van der Waals surface area contributed by atoms with Crippen LogP contribution in [0.2, 0.25) is 0 Å². The molecule has 0 aromatic heterocycles. The van der Waals surface area contributed by atoms with Crippen molar-refractivity contribution in [3.05, 3.63) is 0 Å². The average Bonchev–Trinajstić information content (AvgIpc) is 2.27. The molecule has 0 aromatic rings. The molecule has 0 heterocycles. The summed E-state index contributed by atoms with van der Waals surface area (Å²) in [6.07, 6.45) is 0.933. The van der Waals surface area contributed by atoms with E-state index in [9.17, 15) is 9.59 Å². The van der Waals surface area contributed by atoms with Crippen LogP contribution in [0.25, 0.3) is 0 Å². The van der Waals surface area contributed by atoms with Crippen molar-refractivity contribution in [2.45, 2.75) is 38.8 Å². The van der Waals surface area contributed by atoms with Crippen molar-refractivity contribution in [1.82, 2.24) is 0 Å². The van der Waals surface area contributed by atoms with Gasteiger partial charge in [-0.25, -0.2) is 0 Å². The third-order valence-electron chi connectivity index (χ3n) is 2.30. The number of aliphatic hydroxyl groups excluding tert-OH is 1. The van der Waals surface area contributed by atoms with Gasteiger partial charge >= 0.3 is 11.9 Å². The van der Waals surface area contributed by atoms with Crippen molar-refractivity contribution in [3.8, 4) is 0 Å². The highest BCUT2D eigenvalue weighted by Crippen LogP contribution is 2.04. The number of rotatable bonds is 6. The minimum atomic E-state index is -1.07. The second kappa shape index (κ2) is 10.0. The molecule has 0 rings (SSSR count). The molecule has 0 aromatic carbocycles. The normalized spacial score (nSPS) is 15.1. The Morgan fingerprint density at radius 3 is 1.76 bits per heavy atom. The molecule has 0 aliphatic carbocycles. The summed E-state index contributed by atoms with van der Waals surface area (Å²) in [6.45, 7) is 3.58. The topological polar surface area (TPSA) is 147 Å². The molecule has 0 aliphatic heterocycles. The Labute approximate surface area is 100 Å². The predicted molar refractivity (Wildman–Crippen MR) is 62.4 cm³/mol. The standard InChI is InChI=1S/C6H13NO2.C4H9NO3/c1-3-4(2)5(7)6(8)9;5-3(1-2-6)4(7)8/h4-5H,3,7H2,1-2H3,(H,8,9);3,6H,1-2,5H2,(H,7,8)/t4-,5-;3-/m00/s1. The summed E-state index contributed by atoms with van der Waals surface area (Å²) >= 11 is 0. The van der Waals surface area contributed by atoms with E-state index in [2.05, 4.69) is 0 Å². The van der Waals surface area contributed by atoms with E-state index in [4.69, 9.17) is 26.8 Å². The maximum atomic E-state index is 10.2. The quantitative estimate of drug-likeness (QED) is 0.415. The van der Waals surface area contributed by atoms with E-state index in [1.54, 1.807) is 0 Å². The van der Waals surface area contributed by atoms with Gasteiger partial charge < -0.3 is 26.8 Å². The fourth-order valence-electron chi connectivity index (χ4n) is 0.760. The largest absolute Gasteiger partial charge is 0.480 e. The van der Waals surface area contributed by atoms with Crippen LogP contribution in [-0.2, 0) is 9.59 Å². The first-order valence-electron chi connectivity index (χ1n) is 5.35. The Morgan fingerprint density at radius 1 is 1.18 bits per heavy atom. The van der Waals surface area contributed by atoms with Crippen molar-refractivity contribution < 1.29 is 24.9 Å². The van der Waals surface area contributed by atoms with Crippen LogP contribution in [0.4, 0.5) is 0 Å². The summed E-state index contributed by atoms with van der Waals surface area (Å²) in [4.78, 5) is 20.0. The van der Waals surface area contributed by atoms with Crippen molar-refractivity contribution in [2.24, 2.45) is 17.4 Å². The van der Waals surface area contributed by atoms with Crippen molar-refractivity contribution in [3.63, 3.8) is 0 Å². The van der Waals surface area contributed by atoms with Crippen LogP contribution in [0.15, 0.2) is 0 Å². The summed E-state index contributed by atoms with van der Waals surface area (Å²) in [5, 5.41) is 24.6. The fraction of sp³-hybridized carbons (Fsp3) is 0.800. The van der Waals surface area contributed by atoms with Gasteiger partial charge in [0.1, 0.15) is 12.1 Å². The number of carboxylic acids is 2. The molecule has 7 heteroatoms. The van der Waals surface area contributed by atoms with Crippen LogP contribution in [0.5, 0.6) is 0 Å². The lowest BCUT2D eigenvalue weighted by atomic mass is 10.0. The highest BCUT2D eigenvalue weighted by Gasteiger charge is 2.17. The molecule has 0 amide bonds. The number of nitrogens with two attached hydrogens (primary N) is 2. The highest BCUT2D eigenvalue weighted by atomic mass is 16.4. The Hall–Kier alpha value is -1.18. The predicted octanol–water partition coefficient (Wildman–Crippen LogP) is -0.775. The third kappa shape index (κ3) is 9.73. The summed E-state index contributed by atoms with van der Waals surface area (Å²) in [5.74, 6) is -1.91. The monoisotopic (exact) mass is 250 g/mol. The van der Waals surface area contributed by atoms with E-state index >= 15 is 0 Å². The van der Waals surface area contributed by atoms with Gasteiger partial charge in [-0.15, -0.1) is 0 Å². The molecule has 0 radical (unpaired) electrons. The zero-order valence-electron chi connectivity index (χ0n) is 10.2. The molecule has 17 heavy (non-hydrogen) atoms. The smallest absolute Gasteiger partial charge is 0.320 e. The highest BCUT2D eigenvalue weighted by molar-refractivity contribution is 5.73. The summed E-state index contributed by atoms with van der Waals surface area (Å²) in [5.41, 5.74) is 10.2. The molecular formula is C10H22N2O5. The molecular weight excluding hydrogens is 228 g/mol. The number of carbonyl (C=O) groups is 2. The van der Waals surface area contributed by atoms with Crippen LogP contribution in [-0.4, -0.2) is 45.9 Å². The zero-order valence-corrected chi connectivity index (χ0v) is 10.2. The first-order chi connectivity index (χ1) is 7.77. The van der Waals surface area contributed by atoms with Crippen molar-refractivity contribution in [2.75, 3.05) is 6.61 Å². The molecule has 7 nitrogen and oxygen atoms in total. The Balaban J connectivity index is 0. The van der Waals surface area contributed by atoms with E-state index in [0.29, 0.717) is 0 Å². The van der Waals surface area contributed by atoms with Gasteiger partial charge in [0.2, 0.25) is 0 Å². The summed E-state index contributed by atoms with van der Waals surface area (Å²) < 4.78 is 0. The van der Waals surface area contributed by atoms with Gasteiger partial charge in [-0.3, -0.25) is 9.59 Å². The van der Waals surface area contributed by atoms with Gasteiger partial charge in [0.15, 0.2) is 0 Å². The van der Waals surface area contributed by atoms with Crippen molar-refractivity contribution >= 4 is 11.9 Å². The van der Waals surface area contributed by atoms with Crippen molar-refractivity contribution in [1.29, 1.82) is 0 Å². The summed E-state index contributed by atoms with van der Waals surface area (Å²) in [7, 11) is 0. The number of hydrogen-bond acceptors (Lipinski definition) is 5. The van der Waals surface area contributed by atoms with Gasteiger partial charge in [-0.05, 0) is 12.3 Å². The molecule has 3 atom stereocenters. The lowest BCUT2D eigenvalue weighted by Gasteiger charge is -2.11. The lowest BCUT2D eigenvalue weighted by molar-refractivity contribution is -0.140. The van der Waals surface area contributed by atoms with E-state index in [0.717, 1.165) is 6.42 Å². The summed E-state index contributed by atoms with van der Waals surface area (Å²) in [6, 6.07) is -1.62. The maximum absolute atomic E-state index is 10.2. The number of hydrogen-bond donors (Lipinski definition) is 5. The molecule has 0 aliphatic rings. The molecule has 0 fully saturated rings. The van der Waals surface area contributed by atoms with E-state index < -0.39 is 24.0 Å². The molecule has 0 bridgehead atoms. The average molecular weight is 250 g/mol. The number of carboxylic acid groups (broad SMARTS) is 2. The first kappa shape index (κ1) is 18.2. The third-order valence-corrected chi connectivity index (χ3v) is 2.30. The van der Waals surface area contributed by atoms with Crippen LogP contribution in [0.1, 0.15) is 26.7 Å². The van der Waals surface area contributed by atoms with Gasteiger partial charge in [-0.1, -0.05) is 20.3 Å². The molecule has 7 N–H and O–H groups in total. The van der Waals surface area contributed by atoms with Gasteiger partial charge in [0, 0.05) is 6.61 Å². The van der Waals surface area contributed by atoms with Crippen LogP contribution in [0.3, 0.4) is 0 Å². The Kier molecular flexibility index (Phi) is 10.7. The van der Waals surface area contributed by atoms with E-state index in [1.165, 1.54) is 0 Å². The number of aliphatic carboxylic acids is 2. The van der Waals surface area contributed by atoms with Crippen LogP contribution >= 0.6 is 0 Å². The molecule has 0 spiro atoms. The fourth-order valence-corrected chi connectivity index (χ4v) is 0.760. The van der Waals surface area contributed by atoms with E-state index in [-0.39, 0.29) is 18.9 Å². The first-order valence-corrected chi connectivity index (χ1v) is 5.35. The van der Waals surface area contributed by atoms with Gasteiger partial charge in [-0.2, -0.15) is 0 Å². The van der Waals surface area contributed by atoms with Gasteiger partial charge in [0.05, 0.1) is 0 Å². The minimum absolute atomic E-state index is 0.0718. The van der Waals surface area contributed by atoms with E-state index in [1.807, 2.05) is 13.8 Å². The maximum Gasteiger partial charge on any atom is 0.320 e. The molecule has 0 unspecified atom stereocenters. The number of aliphatic hydroxyl groups is 1. The van der Waals surface area contributed by atoms with Crippen LogP contribution in [0, 0.1) is 5.92 Å². The Bertz CT molecular complexity index is 235. The molecule has 0 saturated carbocycles. The minimum Gasteiger partial charge on any atom is -0.480 e. The second-order valence-electron chi connectivity index (χ2n) is 3.71. The zero-order chi connectivity index (χ0) is 14.0. The van der Waals surface area contributed by atoms with Crippen LogP contribution < -0.4 is 11.5 Å². The SMILES string of the molecule is CC[C@H](C)[C@H](N)C(=O)O.N[C@@H](CCO)C(=O)O.